The molecule has 1 atom stereocenters. The van der Waals surface area contributed by atoms with Crippen molar-refractivity contribution in [3.8, 4) is 0 Å². The van der Waals surface area contributed by atoms with Crippen molar-refractivity contribution in [2.45, 2.75) is 6.04 Å². The molecule has 2 rings (SSSR count). The summed E-state index contributed by atoms with van der Waals surface area (Å²) in [5, 5.41) is 0. The summed E-state index contributed by atoms with van der Waals surface area (Å²) < 4.78 is 27.3. The molecule has 2 nitrogen and oxygen atoms in total. The third-order valence-corrected chi connectivity index (χ3v) is 3.90. The summed E-state index contributed by atoms with van der Waals surface area (Å²) >= 11 is 13.0. The van der Waals surface area contributed by atoms with Crippen LogP contribution in [0.4, 0.5) is 8.78 Å². The van der Waals surface area contributed by atoms with Crippen LogP contribution >= 0.6 is 34.5 Å². The average molecular weight is 309 g/mol. The van der Waals surface area contributed by atoms with E-state index in [0.717, 1.165) is 17.4 Å². The van der Waals surface area contributed by atoms with Crippen molar-refractivity contribution in [3.05, 3.63) is 55.7 Å². The first-order valence-electron chi connectivity index (χ1n) is 4.88. The van der Waals surface area contributed by atoms with E-state index < -0.39 is 17.7 Å². The van der Waals surface area contributed by atoms with E-state index in [2.05, 4.69) is 5.43 Å². The smallest absolute Gasteiger partial charge is 0.126 e. The summed E-state index contributed by atoms with van der Waals surface area (Å²) in [5.74, 6) is 4.07. The lowest BCUT2D eigenvalue weighted by atomic mass is 10.0. The van der Waals surface area contributed by atoms with Crippen LogP contribution in [0.15, 0.2) is 24.3 Å². The molecule has 1 unspecified atom stereocenters. The fourth-order valence-electron chi connectivity index (χ4n) is 1.66. The molecular weight excluding hydrogens is 301 g/mol. The van der Waals surface area contributed by atoms with Gasteiger partial charge in [0.2, 0.25) is 0 Å². The first-order chi connectivity index (χ1) is 8.51. The van der Waals surface area contributed by atoms with E-state index in [1.165, 1.54) is 12.1 Å². The predicted molar refractivity (Wildman–Crippen MR) is 69.9 cm³/mol. The summed E-state index contributed by atoms with van der Waals surface area (Å²) in [6, 6.07) is 4.16. The second kappa shape index (κ2) is 5.50. The van der Waals surface area contributed by atoms with E-state index in [0.29, 0.717) is 19.8 Å². The summed E-state index contributed by atoms with van der Waals surface area (Å²) in [4.78, 5) is 0. The van der Waals surface area contributed by atoms with Gasteiger partial charge in [0.25, 0.3) is 0 Å². The third kappa shape index (κ3) is 2.81. The van der Waals surface area contributed by atoms with Crippen molar-refractivity contribution in [2.24, 2.45) is 5.84 Å². The highest BCUT2D eigenvalue weighted by molar-refractivity contribution is 7.20. The second-order valence-corrected chi connectivity index (χ2v) is 5.87. The molecule has 96 valence electrons. The van der Waals surface area contributed by atoms with Crippen molar-refractivity contribution >= 4 is 34.5 Å². The SMILES string of the molecule is NNC(c1cc(F)cc(F)c1)c1cc(Cl)sc1Cl. The standard InChI is InChI=1S/C11H8Cl2F2N2S/c12-9-4-8(11(13)18-9)10(17-16)5-1-6(14)3-7(15)2-5/h1-4,10,17H,16H2. The molecule has 0 radical (unpaired) electrons. The zero-order valence-electron chi connectivity index (χ0n) is 8.88. The van der Waals surface area contributed by atoms with Gasteiger partial charge in [-0.05, 0) is 23.8 Å². The first-order valence-corrected chi connectivity index (χ1v) is 6.45. The number of rotatable bonds is 3. The number of nitrogens with two attached hydrogens (primary N) is 1. The molecule has 1 aromatic carbocycles. The maximum Gasteiger partial charge on any atom is 0.126 e. The van der Waals surface area contributed by atoms with Crippen molar-refractivity contribution in [1.82, 2.24) is 5.43 Å². The number of hydrazine groups is 1. The Morgan fingerprint density at radius 1 is 1.11 bits per heavy atom. The van der Waals surface area contributed by atoms with Crippen LogP contribution < -0.4 is 11.3 Å². The van der Waals surface area contributed by atoms with Gasteiger partial charge < -0.3 is 0 Å². The molecule has 2 aromatic rings. The molecule has 0 aliphatic carbocycles. The molecule has 0 fully saturated rings. The van der Waals surface area contributed by atoms with E-state index >= 15 is 0 Å². The minimum atomic E-state index is -0.678. The highest BCUT2D eigenvalue weighted by atomic mass is 35.5. The van der Waals surface area contributed by atoms with Gasteiger partial charge in [-0.15, -0.1) is 11.3 Å². The van der Waals surface area contributed by atoms with Crippen molar-refractivity contribution < 1.29 is 8.78 Å². The second-order valence-electron chi connectivity index (χ2n) is 3.58. The fraction of sp³-hybridized carbons (Fsp3) is 0.0909. The van der Waals surface area contributed by atoms with Gasteiger partial charge in [0, 0.05) is 11.6 Å². The molecule has 0 saturated carbocycles. The minimum absolute atomic E-state index is 0.339. The monoisotopic (exact) mass is 308 g/mol. The van der Waals surface area contributed by atoms with Gasteiger partial charge in [-0.25, -0.2) is 14.2 Å². The highest BCUT2D eigenvalue weighted by Gasteiger charge is 2.19. The largest absolute Gasteiger partial charge is 0.271 e. The molecule has 1 heterocycles. The fourth-order valence-corrected chi connectivity index (χ4v) is 3.19. The number of benzene rings is 1. The van der Waals surface area contributed by atoms with E-state index in [1.807, 2.05) is 0 Å². The van der Waals surface area contributed by atoms with Crippen LogP contribution in [0.1, 0.15) is 17.2 Å². The Morgan fingerprint density at radius 3 is 2.17 bits per heavy atom. The predicted octanol–water partition coefficient (Wildman–Crippen LogP) is 3.89. The van der Waals surface area contributed by atoms with Gasteiger partial charge in [0.1, 0.15) is 11.6 Å². The number of thiophene rings is 1. The number of hydrogen-bond donors (Lipinski definition) is 2. The Kier molecular flexibility index (Phi) is 4.19. The summed E-state index contributed by atoms with van der Waals surface area (Å²) in [7, 11) is 0. The van der Waals surface area contributed by atoms with Crippen molar-refractivity contribution in [3.63, 3.8) is 0 Å². The summed E-state index contributed by atoms with van der Waals surface area (Å²) in [6.45, 7) is 0. The zero-order valence-corrected chi connectivity index (χ0v) is 11.2. The molecule has 7 heteroatoms. The molecule has 0 bridgehead atoms. The Morgan fingerprint density at radius 2 is 1.72 bits per heavy atom. The van der Waals surface area contributed by atoms with E-state index in [4.69, 9.17) is 29.0 Å². The molecule has 18 heavy (non-hydrogen) atoms. The van der Waals surface area contributed by atoms with Crippen LogP contribution in [0, 0.1) is 11.6 Å². The molecule has 0 saturated heterocycles. The molecule has 1 aromatic heterocycles. The number of hydrogen-bond acceptors (Lipinski definition) is 3. The van der Waals surface area contributed by atoms with E-state index in [1.54, 1.807) is 6.07 Å². The third-order valence-electron chi connectivity index (χ3n) is 2.38. The van der Waals surface area contributed by atoms with Crippen LogP contribution in [0.3, 0.4) is 0 Å². The Hall–Kier alpha value is -0.720. The van der Waals surface area contributed by atoms with E-state index in [-0.39, 0.29) is 0 Å². The van der Waals surface area contributed by atoms with Crippen molar-refractivity contribution in [1.29, 1.82) is 0 Å². The Balaban J connectivity index is 2.48. The van der Waals surface area contributed by atoms with Crippen LogP contribution in [-0.2, 0) is 0 Å². The zero-order chi connectivity index (χ0) is 13.3. The van der Waals surface area contributed by atoms with Crippen molar-refractivity contribution in [2.75, 3.05) is 0 Å². The Bertz CT molecular complexity index is 554. The lowest BCUT2D eigenvalue weighted by Gasteiger charge is -2.16. The topological polar surface area (TPSA) is 38.0 Å². The van der Waals surface area contributed by atoms with Crippen LogP contribution in [0.5, 0.6) is 0 Å². The molecule has 0 amide bonds. The normalized spacial score (nSPS) is 12.7. The summed E-state index contributed by atoms with van der Waals surface area (Å²) in [5.41, 5.74) is 3.40. The van der Waals surface area contributed by atoms with Gasteiger partial charge in [-0.1, -0.05) is 23.2 Å². The van der Waals surface area contributed by atoms with Gasteiger partial charge in [0.15, 0.2) is 0 Å². The van der Waals surface area contributed by atoms with Gasteiger partial charge in [0.05, 0.1) is 14.7 Å². The lowest BCUT2D eigenvalue weighted by molar-refractivity contribution is 0.566. The molecular formula is C11H8Cl2F2N2S. The average Bonchev–Trinajstić information content (AvgIpc) is 2.58. The van der Waals surface area contributed by atoms with Gasteiger partial charge in [-0.2, -0.15) is 0 Å². The molecule has 0 aliphatic heterocycles. The van der Waals surface area contributed by atoms with E-state index in [9.17, 15) is 8.78 Å². The molecule has 3 N–H and O–H groups in total. The molecule has 0 spiro atoms. The lowest BCUT2D eigenvalue weighted by Crippen LogP contribution is -2.28. The quantitative estimate of drug-likeness (QED) is 0.667. The van der Waals surface area contributed by atoms with Gasteiger partial charge in [-0.3, -0.25) is 5.84 Å². The maximum absolute atomic E-state index is 13.2. The van der Waals surface area contributed by atoms with Crippen LogP contribution in [0.25, 0.3) is 0 Å². The molecule has 0 aliphatic rings. The van der Waals surface area contributed by atoms with Crippen LogP contribution in [-0.4, -0.2) is 0 Å². The summed E-state index contributed by atoms with van der Waals surface area (Å²) in [6.07, 6.45) is 0. The van der Waals surface area contributed by atoms with Crippen LogP contribution in [0.2, 0.25) is 8.67 Å². The van der Waals surface area contributed by atoms with Gasteiger partial charge >= 0.3 is 0 Å². The first kappa shape index (κ1) is 13.7. The minimum Gasteiger partial charge on any atom is -0.271 e. The maximum atomic E-state index is 13.2. The number of halogens is 4. The Labute approximate surface area is 116 Å². The highest BCUT2D eigenvalue weighted by Crippen LogP contribution is 2.37. The number of nitrogens with one attached hydrogen (secondary N) is 1.